The Labute approximate surface area is 278 Å². The van der Waals surface area contributed by atoms with Gasteiger partial charge in [0.05, 0.1) is 0 Å². The van der Waals surface area contributed by atoms with Crippen LogP contribution in [0.15, 0.2) is 168 Å². The minimum Gasteiger partial charge on any atom is -0.456 e. The van der Waals surface area contributed by atoms with Gasteiger partial charge in [-0.1, -0.05) is 153 Å². The van der Waals surface area contributed by atoms with Crippen molar-refractivity contribution in [1.29, 1.82) is 0 Å². The Morgan fingerprint density at radius 2 is 1.13 bits per heavy atom. The lowest BCUT2D eigenvalue weighted by Crippen LogP contribution is -2.11. The number of hydrogen-bond donors (Lipinski definition) is 3. The van der Waals surface area contributed by atoms with Gasteiger partial charge in [0, 0.05) is 16.7 Å². The number of para-hydroxylation sites is 1. The summed E-state index contributed by atoms with van der Waals surface area (Å²) in [6.07, 6.45) is 3.23. The molecule has 1 heterocycles. The van der Waals surface area contributed by atoms with Crippen LogP contribution in [0.4, 0.5) is 0 Å². The van der Waals surface area contributed by atoms with Crippen molar-refractivity contribution in [3.8, 4) is 0 Å². The predicted octanol–water partition coefficient (Wildman–Crippen LogP) is 9.59. The van der Waals surface area contributed by atoms with Crippen LogP contribution >= 0.6 is 0 Å². The highest BCUT2D eigenvalue weighted by Gasteiger charge is 2.26. The normalized spacial score (nSPS) is 12.4. The predicted molar refractivity (Wildman–Crippen MR) is 199 cm³/mol. The minimum absolute atomic E-state index is 0.145. The average molecular weight is 618 g/mol. The van der Waals surface area contributed by atoms with Crippen LogP contribution in [0.3, 0.4) is 0 Å². The van der Waals surface area contributed by atoms with Crippen LogP contribution in [-0.2, 0) is 6.42 Å². The SMILES string of the molecule is CC(c1ccccc1)C(c1ccccc1)c1cc(/C(=C/Cc2ccccc2)c2ccccc2)c2c(c1)oc1ccccc12.CN.NN. The van der Waals surface area contributed by atoms with Gasteiger partial charge >= 0.3 is 0 Å². The van der Waals surface area contributed by atoms with E-state index in [1.165, 1.54) is 51.4 Å². The van der Waals surface area contributed by atoms with Crippen molar-refractivity contribution < 1.29 is 4.42 Å². The molecule has 0 radical (unpaired) electrons. The van der Waals surface area contributed by atoms with Gasteiger partial charge in [0.2, 0.25) is 0 Å². The molecule has 0 saturated carbocycles. The molecule has 7 aromatic rings. The first-order valence-electron chi connectivity index (χ1n) is 16.0. The monoisotopic (exact) mass is 617 g/mol. The zero-order valence-corrected chi connectivity index (χ0v) is 27.1. The smallest absolute Gasteiger partial charge is 0.136 e. The standard InChI is InChI=1S/C42H34O.CH5N.H4N2/c1-30(32-18-8-3-9-19-32)41(34-22-12-5-13-23-34)35-28-38(42-37-24-14-15-25-39(37)43-40(42)29-35)36(33-20-10-4-11-21-33)27-26-31-16-6-2-7-17-31;2*1-2/h2-25,27-30,41H,26H2,1H3;2H2,1H3;1-2H2/b36-27+;;. The Kier molecular flexibility index (Phi) is 11.5. The molecule has 4 heteroatoms. The van der Waals surface area contributed by atoms with Crippen molar-refractivity contribution in [2.24, 2.45) is 17.4 Å². The molecule has 0 bridgehead atoms. The Morgan fingerprint density at radius 1 is 0.596 bits per heavy atom. The van der Waals surface area contributed by atoms with Crippen molar-refractivity contribution in [1.82, 2.24) is 0 Å². The highest BCUT2D eigenvalue weighted by Crippen LogP contribution is 2.44. The molecule has 2 unspecified atom stereocenters. The van der Waals surface area contributed by atoms with E-state index in [0.29, 0.717) is 0 Å². The van der Waals surface area contributed by atoms with E-state index in [2.05, 4.69) is 188 Å². The van der Waals surface area contributed by atoms with Crippen molar-refractivity contribution in [3.63, 3.8) is 0 Å². The van der Waals surface area contributed by atoms with Crippen LogP contribution in [-0.4, -0.2) is 7.05 Å². The van der Waals surface area contributed by atoms with Crippen molar-refractivity contribution in [2.75, 3.05) is 7.05 Å². The molecule has 0 saturated heterocycles. The number of rotatable bonds is 8. The fourth-order valence-electron chi connectivity index (χ4n) is 6.48. The van der Waals surface area contributed by atoms with Crippen LogP contribution in [0.25, 0.3) is 27.5 Å². The Balaban J connectivity index is 0.00000105. The second-order valence-electron chi connectivity index (χ2n) is 11.3. The largest absolute Gasteiger partial charge is 0.456 e. The molecule has 0 aliphatic heterocycles. The number of furan rings is 1. The maximum atomic E-state index is 6.63. The maximum absolute atomic E-state index is 6.63. The molecule has 47 heavy (non-hydrogen) atoms. The van der Waals surface area contributed by atoms with E-state index in [9.17, 15) is 0 Å². The molecule has 4 nitrogen and oxygen atoms in total. The van der Waals surface area contributed by atoms with Gasteiger partial charge in [0.15, 0.2) is 0 Å². The summed E-state index contributed by atoms with van der Waals surface area (Å²) < 4.78 is 6.63. The third kappa shape index (κ3) is 7.43. The molecule has 0 fully saturated rings. The first-order chi connectivity index (χ1) is 23.3. The minimum atomic E-state index is 0.145. The van der Waals surface area contributed by atoms with Gasteiger partial charge in [0.1, 0.15) is 11.2 Å². The molecule has 1 aromatic heterocycles. The Hall–Kier alpha value is -5.26. The van der Waals surface area contributed by atoms with E-state index in [1.807, 2.05) is 0 Å². The third-order valence-corrected chi connectivity index (χ3v) is 8.60. The van der Waals surface area contributed by atoms with Crippen LogP contribution in [0.1, 0.15) is 52.1 Å². The highest BCUT2D eigenvalue weighted by atomic mass is 16.3. The van der Waals surface area contributed by atoms with Crippen molar-refractivity contribution in [2.45, 2.75) is 25.2 Å². The number of nitrogens with two attached hydrogens (primary N) is 3. The number of allylic oxidation sites excluding steroid dienone is 1. The first-order valence-corrected chi connectivity index (χ1v) is 16.0. The van der Waals surface area contributed by atoms with Gasteiger partial charge in [-0.15, -0.1) is 0 Å². The van der Waals surface area contributed by atoms with Gasteiger partial charge in [-0.2, -0.15) is 0 Å². The van der Waals surface area contributed by atoms with Gasteiger partial charge in [0.25, 0.3) is 0 Å². The quantitative estimate of drug-likeness (QED) is 0.117. The fraction of sp³-hybridized carbons (Fsp3) is 0.116. The maximum Gasteiger partial charge on any atom is 0.136 e. The summed E-state index contributed by atoms with van der Waals surface area (Å²) in [4.78, 5) is 0. The topological polar surface area (TPSA) is 91.2 Å². The summed E-state index contributed by atoms with van der Waals surface area (Å²) >= 11 is 0. The average Bonchev–Trinajstić information content (AvgIpc) is 3.54. The lowest BCUT2D eigenvalue weighted by Gasteiger charge is -2.27. The van der Waals surface area contributed by atoms with Gasteiger partial charge < -0.3 is 10.2 Å². The molecule has 7 rings (SSSR count). The second kappa shape index (κ2) is 16.3. The highest BCUT2D eigenvalue weighted by molar-refractivity contribution is 6.11. The molecule has 0 aliphatic carbocycles. The summed E-state index contributed by atoms with van der Waals surface area (Å²) in [7, 11) is 1.50. The lowest BCUT2D eigenvalue weighted by atomic mass is 9.77. The summed E-state index contributed by atoms with van der Waals surface area (Å²) in [5.74, 6) is 8.40. The lowest BCUT2D eigenvalue weighted by molar-refractivity contribution is 0.648. The summed E-state index contributed by atoms with van der Waals surface area (Å²) in [6.45, 7) is 2.35. The molecule has 6 aromatic carbocycles. The van der Waals surface area contributed by atoms with Gasteiger partial charge in [-0.05, 0) is 76.5 Å². The number of benzene rings is 6. The fourth-order valence-corrected chi connectivity index (χ4v) is 6.48. The second-order valence-corrected chi connectivity index (χ2v) is 11.3. The molecule has 0 aliphatic rings. The van der Waals surface area contributed by atoms with E-state index >= 15 is 0 Å². The third-order valence-electron chi connectivity index (χ3n) is 8.60. The van der Waals surface area contributed by atoms with Crippen LogP contribution < -0.4 is 17.4 Å². The van der Waals surface area contributed by atoms with Gasteiger partial charge in [-0.25, -0.2) is 0 Å². The Morgan fingerprint density at radius 3 is 1.77 bits per heavy atom. The number of fused-ring (bicyclic) bond motifs is 3. The molecule has 0 amide bonds. The molecule has 2 atom stereocenters. The first kappa shape index (κ1) is 33.1. The molecule has 0 spiro atoms. The van der Waals surface area contributed by atoms with Crippen molar-refractivity contribution in [3.05, 3.63) is 197 Å². The molecular formula is C43H43N3O. The van der Waals surface area contributed by atoms with Crippen molar-refractivity contribution >= 4 is 27.5 Å². The molecule has 236 valence electrons. The summed E-state index contributed by atoms with van der Waals surface area (Å²) in [5, 5.41) is 2.31. The van der Waals surface area contributed by atoms with E-state index in [-0.39, 0.29) is 11.8 Å². The Bertz CT molecular complexity index is 2000. The van der Waals surface area contributed by atoms with E-state index in [0.717, 1.165) is 23.0 Å². The van der Waals surface area contributed by atoms with E-state index in [1.54, 1.807) is 0 Å². The summed E-state index contributed by atoms with van der Waals surface area (Å²) in [5.41, 5.74) is 15.2. The van der Waals surface area contributed by atoms with Crippen LogP contribution in [0, 0.1) is 0 Å². The molecular weight excluding hydrogens is 574 g/mol. The molecule has 6 N–H and O–H groups in total. The van der Waals surface area contributed by atoms with E-state index < -0.39 is 0 Å². The van der Waals surface area contributed by atoms with E-state index in [4.69, 9.17) is 4.42 Å². The van der Waals surface area contributed by atoms with Gasteiger partial charge in [-0.3, -0.25) is 11.7 Å². The number of hydrazine groups is 1. The van der Waals surface area contributed by atoms with Crippen LogP contribution in [0.2, 0.25) is 0 Å². The zero-order valence-electron chi connectivity index (χ0n) is 27.1. The number of hydrogen-bond acceptors (Lipinski definition) is 4. The summed E-state index contributed by atoms with van der Waals surface area (Å²) in [6, 6.07) is 56.4. The zero-order chi connectivity index (χ0) is 33.0. The van der Waals surface area contributed by atoms with Crippen LogP contribution in [0.5, 0.6) is 0 Å².